The first-order valence-electron chi connectivity index (χ1n) is 8.33. The van der Waals surface area contributed by atoms with Gasteiger partial charge in [-0.2, -0.15) is 0 Å². The summed E-state index contributed by atoms with van der Waals surface area (Å²) < 4.78 is 0. The molecule has 28 heavy (non-hydrogen) atoms. The summed E-state index contributed by atoms with van der Waals surface area (Å²) in [6.07, 6.45) is 3.09. The van der Waals surface area contributed by atoms with Gasteiger partial charge in [0.25, 0.3) is 17.5 Å². The maximum absolute atomic E-state index is 12.7. The molecule has 3 rings (SSSR count). The molecular weight excluding hydrogens is 360 g/mol. The highest BCUT2D eigenvalue weighted by atomic mass is 16.6. The fourth-order valence-electron chi connectivity index (χ4n) is 2.68. The summed E-state index contributed by atoms with van der Waals surface area (Å²) in [5.41, 5.74) is 1.33. The van der Waals surface area contributed by atoms with E-state index in [9.17, 15) is 19.7 Å². The van der Waals surface area contributed by atoms with Gasteiger partial charge in [0.1, 0.15) is 0 Å². The number of rotatable bonds is 5. The zero-order chi connectivity index (χ0) is 20.1. The molecule has 0 atom stereocenters. The van der Waals surface area contributed by atoms with E-state index < -0.39 is 16.7 Å². The summed E-state index contributed by atoms with van der Waals surface area (Å²) in [4.78, 5) is 39.7. The van der Waals surface area contributed by atoms with Crippen molar-refractivity contribution in [1.29, 1.82) is 0 Å². The summed E-state index contributed by atoms with van der Waals surface area (Å²) in [6.45, 7) is 1.51. The number of anilines is 2. The Morgan fingerprint density at radius 1 is 0.929 bits per heavy atom. The summed E-state index contributed by atoms with van der Waals surface area (Å²) >= 11 is 0. The van der Waals surface area contributed by atoms with Crippen LogP contribution in [0.5, 0.6) is 0 Å². The van der Waals surface area contributed by atoms with Gasteiger partial charge in [-0.15, -0.1) is 0 Å². The predicted octanol–water partition coefficient (Wildman–Crippen LogP) is 3.80. The van der Waals surface area contributed by atoms with Crippen LogP contribution in [-0.4, -0.2) is 21.7 Å². The average molecular weight is 376 g/mol. The van der Waals surface area contributed by atoms with Crippen LogP contribution in [0, 0.1) is 17.0 Å². The molecule has 0 aliphatic rings. The monoisotopic (exact) mass is 376 g/mol. The van der Waals surface area contributed by atoms with Crippen molar-refractivity contribution >= 4 is 28.9 Å². The minimum atomic E-state index is -0.540. The highest BCUT2D eigenvalue weighted by molar-refractivity contribution is 6.13. The van der Waals surface area contributed by atoms with Crippen LogP contribution < -0.4 is 10.6 Å². The minimum absolute atomic E-state index is 0.143. The Balaban J connectivity index is 1.86. The highest BCUT2D eigenvalue weighted by Gasteiger charge is 2.20. The van der Waals surface area contributed by atoms with E-state index in [1.807, 2.05) is 0 Å². The second kappa shape index (κ2) is 8.09. The number of nitrogens with one attached hydrogen (secondary N) is 2. The molecule has 1 aromatic heterocycles. The van der Waals surface area contributed by atoms with Crippen LogP contribution in [0.2, 0.25) is 0 Å². The number of hydrogen-bond acceptors (Lipinski definition) is 5. The Bertz CT molecular complexity index is 1050. The Morgan fingerprint density at radius 3 is 2.36 bits per heavy atom. The molecule has 0 saturated heterocycles. The molecule has 0 bridgehead atoms. The van der Waals surface area contributed by atoms with Gasteiger partial charge in [0.05, 0.1) is 28.1 Å². The number of carbonyl (C=O) groups is 2. The summed E-state index contributed by atoms with van der Waals surface area (Å²) in [5.74, 6) is -0.956. The molecule has 0 spiro atoms. The third-order valence-electron chi connectivity index (χ3n) is 4.09. The molecular formula is C20H16N4O4. The standard InChI is InChI=1S/C20H16N4O4/c1-13-15(8-4-10-18(13)24(27)28)19(25)23-17-9-3-2-7-16(17)20(26)22-14-6-5-11-21-12-14/h2-12H,1H3,(H,22,26)(H,23,25). The van der Waals surface area contributed by atoms with Crippen molar-refractivity contribution in [3.63, 3.8) is 0 Å². The van der Waals surface area contributed by atoms with Gasteiger partial charge in [-0.1, -0.05) is 18.2 Å². The Kier molecular flexibility index (Phi) is 5.40. The highest BCUT2D eigenvalue weighted by Crippen LogP contribution is 2.23. The molecule has 0 fully saturated rings. The Labute approximate surface area is 160 Å². The Hall–Kier alpha value is -4.07. The van der Waals surface area contributed by atoms with Gasteiger partial charge in [0.2, 0.25) is 0 Å². The SMILES string of the molecule is Cc1c(C(=O)Nc2ccccc2C(=O)Nc2cccnc2)cccc1[N+](=O)[O-]. The molecule has 8 nitrogen and oxygen atoms in total. The minimum Gasteiger partial charge on any atom is -0.321 e. The van der Waals surface area contributed by atoms with Crippen LogP contribution in [-0.2, 0) is 0 Å². The van der Waals surface area contributed by atoms with Crippen LogP contribution in [0.1, 0.15) is 26.3 Å². The van der Waals surface area contributed by atoms with Crippen molar-refractivity contribution in [2.45, 2.75) is 6.92 Å². The number of hydrogen-bond donors (Lipinski definition) is 2. The molecule has 0 saturated carbocycles. The van der Waals surface area contributed by atoms with E-state index in [2.05, 4.69) is 15.6 Å². The third kappa shape index (κ3) is 4.01. The quantitative estimate of drug-likeness (QED) is 0.519. The summed E-state index contributed by atoms with van der Waals surface area (Å²) in [5, 5.41) is 16.5. The largest absolute Gasteiger partial charge is 0.321 e. The van der Waals surface area contributed by atoms with Crippen LogP contribution in [0.15, 0.2) is 67.0 Å². The molecule has 8 heteroatoms. The second-order valence-electron chi connectivity index (χ2n) is 5.90. The maximum Gasteiger partial charge on any atom is 0.273 e. The smallest absolute Gasteiger partial charge is 0.273 e. The van der Waals surface area contributed by atoms with E-state index >= 15 is 0 Å². The van der Waals surface area contributed by atoms with Crippen molar-refractivity contribution in [2.24, 2.45) is 0 Å². The lowest BCUT2D eigenvalue weighted by molar-refractivity contribution is -0.385. The van der Waals surface area contributed by atoms with E-state index in [1.54, 1.807) is 42.6 Å². The van der Waals surface area contributed by atoms with Crippen molar-refractivity contribution < 1.29 is 14.5 Å². The van der Waals surface area contributed by atoms with E-state index in [-0.39, 0.29) is 22.4 Å². The molecule has 0 aliphatic carbocycles. The fourth-order valence-corrected chi connectivity index (χ4v) is 2.68. The fraction of sp³-hybridized carbons (Fsp3) is 0.0500. The number of nitro groups is 1. The van der Waals surface area contributed by atoms with Crippen LogP contribution in [0.3, 0.4) is 0 Å². The van der Waals surface area contributed by atoms with Crippen molar-refractivity contribution in [1.82, 2.24) is 4.98 Å². The first-order chi connectivity index (χ1) is 13.5. The zero-order valence-corrected chi connectivity index (χ0v) is 14.9. The molecule has 0 radical (unpaired) electrons. The predicted molar refractivity (Wildman–Crippen MR) is 104 cm³/mol. The molecule has 2 N–H and O–H groups in total. The third-order valence-corrected chi connectivity index (χ3v) is 4.09. The second-order valence-corrected chi connectivity index (χ2v) is 5.90. The lowest BCUT2D eigenvalue weighted by atomic mass is 10.1. The number of nitrogens with zero attached hydrogens (tertiary/aromatic N) is 2. The van der Waals surface area contributed by atoms with Crippen molar-refractivity contribution in [3.05, 3.63) is 93.8 Å². The number of carbonyl (C=O) groups excluding carboxylic acids is 2. The summed E-state index contributed by atoms with van der Waals surface area (Å²) in [7, 11) is 0. The van der Waals surface area contributed by atoms with Crippen LogP contribution >= 0.6 is 0 Å². The van der Waals surface area contributed by atoms with Crippen LogP contribution in [0.25, 0.3) is 0 Å². The molecule has 3 aromatic rings. The number of para-hydroxylation sites is 1. The van der Waals surface area contributed by atoms with E-state index in [0.29, 0.717) is 11.4 Å². The molecule has 140 valence electrons. The van der Waals surface area contributed by atoms with Gasteiger partial charge in [0, 0.05) is 23.4 Å². The van der Waals surface area contributed by atoms with E-state index in [0.717, 1.165) is 0 Å². The van der Waals surface area contributed by atoms with Crippen LogP contribution in [0.4, 0.5) is 17.1 Å². The van der Waals surface area contributed by atoms with Crippen molar-refractivity contribution in [2.75, 3.05) is 10.6 Å². The van der Waals surface area contributed by atoms with Gasteiger partial charge in [-0.3, -0.25) is 24.7 Å². The molecule has 2 aromatic carbocycles. The lowest BCUT2D eigenvalue weighted by Gasteiger charge is -2.12. The molecule has 0 aliphatic heterocycles. The number of pyridine rings is 1. The molecule has 1 heterocycles. The number of benzene rings is 2. The number of aromatic nitrogens is 1. The average Bonchev–Trinajstić information content (AvgIpc) is 2.69. The normalized spacial score (nSPS) is 10.2. The topological polar surface area (TPSA) is 114 Å². The van der Waals surface area contributed by atoms with Gasteiger partial charge >= 0.3 is 0 Å². The van der Waals surface area contributed by atoms with Gasteiger partial charge in [0.15, 0.2) is 0 Å². The lowest BCUT2D eigenvalue weighted by Crippen LogP contribution is -2.19. The maximum atomic E-state index is 12.7. The first-order valence-corrected chi connectivity index (χ1v) is 8.33. The molecule has 2 amide bonds. The van der Waals surface area contributed by atoms with Gasteiger partial charge in [-0.25, -0.2) is 0 Å². The zero-order valence-electron chi connectivity index (χ0n) is 14.9. The van der Waals surface area contributed by atoms with Gasteiger partial charge in [-0.05, 0) is 37.3 Å². The molecule has 0 unspecified atom stereocenters. The van der Waals surface area contributed by atoms with E-state index in [1.165, 1.54) is 31.3 Å². The van der Waals surface area contributed by atoms with Gasteiger partial charge < -0.3 is 10.6 Å². The summed E-state index contributed by atoms with van der Waals surface area (Å²) in [6, 6.07) is 14.2. The number of nitro benzene ring substituents is 1. The number of amides is 2. The Morgan fingerprint density at radius 2 is 1.64 bits per heavy atom. The first kappa shape index (κ1) is 18.7. The van der Waals surface area contributed by atoms with Crippen molar-refractivity contribution in [3.8, 4) is 0 Å². The van der Waals surface area contributed by atoms with E-state index in [4.69, 9.17) is 0 Å².